The second kappa shape index (κ2) is 6.31. The van der Waals surface area contributed by atoms with Crippen LogP contribution in [-0.2, 0) is 9.53 Å². The number of benzene rings is 1. The fourth-order valence-electron chi connectivity index (χ4n) is 2.42. The first-order valence-electron chi connectivity index (χ1n) is 6.80. The molecular weight excluding hydrogens is 264 g/mol. The van der Waals surface area contributed by atoms with Crippen molar-refractivity contribution in [2.75, 3.05) is 20.3 Å². The molecule has 0 N–H and O–H groups in total. The van der Waals surface area contributed by atoms with E-state index in [1.54, 1.807) is 11.9 Å². The van der Waals surface area contributed by atoms with Gasteiger partial charge in [0.1, 0.15) is 0 Å². The van der Waals surface area contributed by atoms with E-state index in [0.717, 1.165) is 12.1 Å². The van der Waals surface area contributed by atoms with Crippen molar-refractivity contribution in [1.82, 2.24) is 4.90 Å². The lowest BCUT2D eigenvalue weighted by molar-refractivity contribution is -0.139. The van der Waals surface area contributed by atoms with Gasteiger partial charge in [0.25, 0.3) is 0 Å². The molecule has 20 heavy (non-hydrogen) atoms. The van der Waals surface area contributed by atoms with Crippen LogP contribution in [-0.4, -0.2) is 31.1 Å². The lowest BCUT2D eigenvalue weighted by Gasteiger charge is -2.31. The Bertz CT molecular complexity index is 487. The molecule has 1 atom stereocenters. The number of carbonyl (C=O) groups is 1. The summed E-state index contributed by atoms with van der Waals surface area (Å²) in [5, 5.41) is 0. The molecular formula is C15H19F2NO2. The number of nitrogens with zero attached hydrogens (tertiary/aromatic N) is 1. The van der Waals surface area contributed by atoms with E-state index in [1.807, 2.05) is 6.92 Å². The average molecular weight is 283 g/mol. The number of hydrogen-bond acceptors (Lipinski definition) is 2. The summed E-state index contributed by atoms with van der Waals surface area (Å²) in [4.78, 5) is 14.0. The quantitative estimate of drug-likeness (QED) is 0.853. The van der Waals surface area contributed by atoms with Crippen LogP contribution in [0.5, 0.6) is 0 Å². The zero-order chi connectivity index (χ0) is 14.7. The van der Waals surface area contributed by atoms with Crippen LogP contribution < -0.4 is 0 Å². The molecule has 0 bridgehead atoms. The lowest BCUT2D eigenvalue weighted by Crippen LogP contribution is -2.37. The minimum atomic E-state index is -0.888. The first kappa shape index (κ1) is 14.9. The number of halogens is 2. The highest BCUT2D eigenvalue weighted by Crippen LogP contribution is 2.25. The molecule has 1 heterocycles. The zero-order valence-corrected chi connectivity index (χ0v) is 11.7. The maximum atomic E-state index is 13.3. The standard InChI is InChI=1S/C15H19F2NO2/c1-10(12-3-4-13(16)14(17)9-12)18(2)15(19)11-5-7-20-8-6-11/h3-4,9-11H,5-8H2,1-2H3. The Labute approximate surface area is 117 Å². The highest BCUT2D eigenvalue weighted by atomic mass is 19.2. The Hall–Kier alpha value is -1.49. The molecule has 1 unspecified atom stereocenters. The Morgan fingerprint density at radius 3 is 2.55 bits per heavy atom. The van der Waals surface area contributed by atoms with Crippen LogP contribution in [0.2, 0.25) is 0 Å². The predicted molar refractivity (Wildman–Crippen MR) is 71.1 cm³/mol. The number of rotatable bonds is 3. The third-order valence-electron chi connectivity index (χ3n) is 3.93. The van der Waals surface area contributed by atoms with Crippen molar-refractivity contribution in [3.8, 4) is 0 Å². The van der Waals surface area contributed by atoms with Gasteiger partial charge in [0.2, 0.25) is 5.91 Å². The van der Waals surface area contributed by atoms with Crippen LogP contribution in [0.1, 0.15) is 31.4 Å². The summed E-state index contributed by atoms with van der Waals surface area (Å²) < 4.78 is 31.4. The Morgan fingerprint density at radius 2 is 1.95 bits per heavy atom. The van der Waals surface area contributed by atoms with Gasteiger partial charge in [-0.15, -0.1) is 0 Å². The average Bonchev–Trinajstić information content (AvgIpc) is 2.48. The lowest BCUT2D eigenvalue weighted by atomic mass is 9.97. The fraction of sp³-hybridized carbons (Fsp3) is 0.533. The molecule has 0 aromatic heterocycles. The third kappa shape index (κ3) is 3.15. The van der Waals surface area contributed by atoms with E-state index in [-0.39, 0.29) is 17.9 Å². The minimum absolute atomic E-state index is 0.0329. The summed E-state index contributed by atoms with van der Waals surface area (Å²) >= 11 is 0. The largest absolute Gasteiger partial charge is 0.381 e. The Balaban J connectivity index is 2.08. The molecule has 0 radical (unpaired) electrons. The maximum absolute atomic E-state index is 13.3. The Kier molecular flexibility index (Phi) is 4.70. The van der Waals surface area contributed by atoms with Crippen molar-refractivity contribution >= 4 is 5.91 Å². The second-order valence-corrected chi connectivity index (χ2v) is 5.19. The fourth-order valence-corrected chi connectivity index (χ4v) is 2.42. The van der Waals surface area contributed by atoms with E-state index in [0.29, 0.717) is 31.6 Å². The molecule has 1 aliphatic rings. The summed E-state index contributed by atoms with van der Waals surface area (Å²) in [6, 6.07) is 3.46. The van der Waals surface area contributed by atoms with Crippen LogP contribution in [0, 0.1) is 17.6 Å². The van der Waals surface area contributed by atoms with Gasteiger partial charge in [0, 0.05) is 26.2 Å². The van der Waals surface area contributed by atoms with E-state index in [4.69, 9.17) is 4.74 Å². The van der Waals surface area contributed by atoms with Crippen LogP contribution in [0.25, 0.3) is 0 Å². The molecule has 1 saturated heterocycles. The van der Waals surface area contributed by atoms with E-state index >= 15 is 0 Å². The molecule has 1 fully saturated rings. The first-order chi connectivity index (χ1) is 9.50. The molecule has 1 aromatic rings. The highest BCUT2D eigenvalue weighted by Gasteiger charge is 2.27. The first-order valence-corrected chi connectivity index (χ1v) is 6.80. The number of amides is 1. The van der Waals surface area contributed by atoms with Crippen LogP contribution >= 0.6 is 0 Å². The summed E-state index contributed by atoms with van der Waals surface area (Å²) in [5.41, 5.74) is 0.590. The molecule has 0 aliphatic carbocycles. The van der Waals surface area contributed by atoms with E-state index in [2.05, 4.69) is 0 Å². The van der Waals surface area contributed by atoms with Crippen LogP contribution in [0.4, 0.5) is 8.78 Å². The van der Waals surface area contributed by atoms with Crippen molar-refractivity contribution in [1.29, 1.82) is 0 Å². The van der Waals surface area contributed by atoms with Crippen molar-refractivity contribution in [3.63, 3.8) is 0 Å². The third-order valence-corrected chi connectivity index (χ3v) is 3.93. The van der Waals surface area contributed by atoms with Gasteiger partial charge in [-0.2, -0.15) is 0 Å². The molecule has 3 nitrogen and oxygen atoms in total. The van der Waals surface area contributed by atoms with Crippen molar-refractivity contribution < 1.29 is 18.3 Å². The van der Waals surface area contributed by atoms with Gasteiger partial charge >= 0.3 is 0 Å². The van der Waals surface area contributed by atoms with E-state index in [1.165, 1.54) is 6.07 Å². The summed E-state index contributed by atoms with van der Waals surface area (Å²) in [6.07, 6.45) is 1.43. The van der Waals surface area contributed by atoms with Crippen molar-refractivity contribution in [2.24, 2.45) is 5.92 Å². The Morgan fingerprint density at radius 1 is 1.30 bits per heavy atom. The van der Waals surface area contributed by atoms with Crippen molar-refractivity contribution in [2.45, 2.75) is 25.8 Å². The van der Waals surface area contributed by atoms with Gasteiger partial charge in [0.15, 0.2) is 11.6 Å². The normalized spacial score (nSPS) is 17.8. The SMILES string of the molecule is CC(c1ccc(F)c(F)c1)N(C)C(=O)C1CCOCC1. The molecule has 1 aliphatic heterocycles. The summed E-state index contributed by atoms with van der Waals surface area (Å²) in [6.45, 7) is 3.01. The topological polar surface area (TPSA) is 29.5 Å². The van der Waals surface area contributed by atoms with Gasteiger partial charge in [-0.1, -0.05) is 6.07 Å². The van der Waals surface area contributed by atoms with E-state index in [9.17, 15) is 13.6 Å². The van der Waals surface area contributed by atoms with Gasteiger partial charge < -0.3 is 9.64 Å². The predicted octanol–water partition coefficient (Wildman–Crippen LogP) is 2.91. The molecule has 1 amide bonds. The molecule has 5 heteroatoms. The number of hydrogen-bond donors (Lipinski definition) is 0. The summed E-state index contributed by atoms with van der Waals surface area (Å²) in [7, 11) is 1.70. The summed E-state index contributed by atoms with van der Waals surface area (Å²) in [5.74, 6) is -1.77. The smallest absolute Gasteiger partial charge is 0.226 e. The molecule has 0 saturated carbocycles. The van der Waals surface area contributed by atoms with Crippen LogP contribution in [0.15, 0.2) is 18.2 Å². The van der Waals surface area contributed by atoms with Crippen LogP contribution in [0.3, 0.4) is 0 Å². The minimum Gasteiger partial charge on any atom is -0.381 e. The highest BCUT2D eigenvalue weighted by molar-refractivity contribution is 5.79. The van der Waals surface area contributed by atoms with Crippen molar-refractivity contribution in [3.05, 3.63) is 35.4 Å². The number of carbonyl (C=O) groups excluding carboxylic acids is 1. The van der Waals surface area contributed by atoms with Gasteiger partial charge in [-0.25, -0.2) is 8.78 Å². The van der Waals surface area contributed by atoms with Gasteiger partial charge in [-0.05, 0) is 37.5 Å². The molecule has 2 rings (SSSR count). The number of ether oxygens (including phenoxy) is 1. The molecule has 110 valence electrons. The van der Waals surface area contributed by atoms with Gasteiger partial charge in [0.05, 0.1) is 6.04 Å². The molecule has 0 spiro atoms. The molecule has 1 aromatic carbocycles. The monoisotopic (exact) mass is 283 g/mol. The second-order valence-electron chi connectivity index (χ2n) is 5.19. The van der Waals surface area contributed by atoms with Gasteiger partial charge in [-0.3, -0.25) is 4.79 Å². The maximum Gasteiger partial charge on any atom is 0.226 e. The van der Waals surface area contributed by atoms with E-state index < -0.39 is 11.6 Å². The zero-order valence-electron chi connectivity index (χ0n) is 11.7.